The summed E-state index contributed by atoms with van der Waals surface area (Å²) in [6.45, 7) is 8.79. The predicted octanol–water partition coefficient (Wildman–Crippen LogP) is 3.71. The first-order valence-electron chi connectivity index (χ1n) is 5.64. The Balaban J connectivity index is 2.55. The van der Waals surface area contributed by atoms with Gasteiger partial charge in [-0.25, -0.2) is 0 Å². The fourth-order valence-corrected chi connectivity index (χ4v) is 2.68. The van der Waals surface area contributed by atoms with E-state index < -0.39 is 0 Å². The topological polar surface area (TPSA) is 3.24 Å². The van der Waals surface area contributed by atoms with E-state index in [9.17, 15) is 0 Å². The van der Waals surface area contributed by atoms with E-state index in [1.54, 1.807) is 0 Å². The molecule has 0 bridgehead atoms. The van der Waals surface area contributed by atoms with Gasteiger partial charge in [-0.3, -0.25) is 0 Å². The van der Waals surface area contributed by atoms with Gasteiger partial charge < -0.3 is 4.90 Å². The molecule has 0 saturated heterocycles. The number of benzene rings is 1. The van der Waals surface area contributed by atoms with Crippen LogP contribution in [0.5, 0.6) is 0 Å². The Bertz CT molecular complexity index is 394. The molecular weight excluding hydrogens is 182 g/mol. The van der Waals surface area contributed by atoms with Gasteiger partial charge in [-0.2, -0.15) is 0 Å². The highest BCUT2D eigenvalue weighted by molar-refractivity contribution is 5.69. The van der Waals surface area contributed by atoms with Crippen molar-refractivity contribution in [2.24, 2.45) is 0 Å². The van der Waals surface area contributed by atoms with Gasteiger partial charge in [-0.1, -0.05) is 38.1 Å². The molecule has 0 saturated carbocycles. The molecule has 1 heteroatoms. The van der Waals surface area contributed by atoms with E-state index in [4.69, 9.17) is 0 Å². The maximum atomic E-state index is 4.25. The lowest BCUT2D eigenvalue weighted by molar-refractivity contribution is 0.514. The first-order chi connectivity index (χ1) is 7.11. The molecule has 1 nitrogen and oxygen atoms in total. The molecule has 0 aliphatic carbocycles. The molecule has 1 aromatic carbocycles. The van der Waals surface area contributed by atoms with E-state index in [1.165, 1.54) is 29.8 Å². The van der Waals surface area contributed by atoms with Crippen LogP contribution in [0.15, 0.2) is 36.5 Å². The number of allylic oxidation sites excluding steroid dienone is 1. The van der Waals surface area contributed by atoms with Crippen LogP contribution in [0.4, 0.5) is 5.69 Å². The Labute approximate surface area is 92.4 Å². The van der Waals surface area contributed by atoms with E-state index >= 15 is 0 Å². The second-order valence-corrected chi connectivity index (χ2v) is 4.60. The van der Waals surface area contributed by atoms with Crippen LogP contribution in [-0.2, 0) is 5.41 Å². The lowest BCUT2D eigenvalue weighted by Gasteiger charge is -2.27. The zero-order valence-corrected chi connectivity index (χ0v) is 9.88. The maximum Gasteiger partial charge on any atom is 0.0447 e. The molecule has 0 radical (unpaired) electrons. The SMILES string of the molecule is C=C1N(C)c2ccccc2C1(C)CCC. The average molecular weight is 201 g/mol. The fraction of sp³-hybridized carbons (Fsp3) is 0.429. The van der Waals surface area contributed by atoms with Crippen molar-refractivity contribution in [1.29, 1.82) is 0 Å². The summed E-state index contributed by atoms with van der Waals surface area (Å²) < 4.78 is 0. The third-order valence-electron chi connectivity index (χ3n) is 3.65. The summed E-state index contributed by atoms with van der Waals surface area (Å²) >= 11 is 0. The molecule has 0 aromatic heterocycles. The number of nitrogens with zero attached hydrogens (tertiary/aromatic N) is 1. The summed E-state index contributed by atoms with van der Waals surface area (Å²) in [5.74, 6) is 0. The second kappa shape index (κ2) is 3.41. The van der Waals surface area contributed by atoms with Gasteiger partial charge in [0.25, 0.3) is 0 Å². The molecule has 1 heterocycles. The van der Waals surface area contributed by atoms with E-state index in [0.29, 0.717) is 0 Å². The molecule has 1 aromatic rings. The summed E-state index contributed by atoms with van der Waals surface area (Å²) in [7, 11) is 2.11. The largest absolute Gasteiger partial charge is 0.348 e. The minimum Gasteiger partial charge on any atom is -0.348 e. The van der Waals surface area contributed by atoms with Crippen LogP contribution in [0.25, 0.3) is 0 Å². The summed E-state index contributed by atoms with van der Waals surface area (Å²) in [4.78, 5) is 2.23. The third-order valence-corrected chi connectivity index (χ3v) is 3.65. The van der Waals surface area contributed by atoms with Crippen molar-refractivity contribution in [3.63, 3.8) is 0 Å². The normalized spacial score (nSPS) is 24.5. The van der Waals surface area contributed by atoms with E-state index in [1.807, 2.05) is 0 Å². The van der Waals surface area contributed by atoms with Crippen molar-refractivity contribution in [1.82, 2.24) is 0 Å². The molecule has 0 amide bonds. The van der Waals surface area contributed by atoms with Gasteiger partial charge in [0, 0.05) is 23.8 Å². The molecule has 15 heavy (non-hydrogen) atoms. The maximum absolute atomic E-state index is 4.25. The Hall–Kier alpha value is -1.24. The molecule has 0 spiro atoms. The van der Waals surface area contributed by atoms with Crippen LogP contribution >= 0.6 is 0 Å². The zero-order chi connectivity index (χ0) is 11.1. The van der Waals surface area contributed by atoms with Crippen LogP contribution in [0.2, 0.25) is 0 Å². The number of likely N-dealkylation sites (N-methyl/N-ethyl adjacent to an activating group) is 1. The zero-order valence-electron chi connectivity index (χ0n) is 9.88. The third kappa shape index (κ3) is 1.30. The monoisotopic (exact) mass is 201 g/mol. The van der Waals surface area contributed by atoms with E-state index in [2.05, 4.69) is 56.6 Å². The highest BCUT2D eigenvalue weighted by Crippen LogP contribution is 2.48. The lowest BCUT2D eigenvalue weighted by atomic mass is 9.78. The Morgan fingerprint density at radius 2 is 2.00 bits per heavy atom. The van der Waals surface area contributed by atoms with Crippen LogP contribution in [0.1, 0.15) is 32.3 Å². The molecule has 1 aliphatic heterocycles. The molecule has 0 fully saturated rings. The predicted molar refractivity (Wildman–Crippen MR) is 66.2 cm³/mol. The molecule has 1 atom stereocenters. The van der Waals surface area contributed by atoms with Crippen molar-refractivity contribution in [2.45, 2.75) is 32.1 Å². The molecule has 1 unspecified atom stereocenters. The first-order valence-corrected chi connectivity index (χ1v) is 5.64. The first kappa shape index (κ1) is 10.3. The molecule has 2 rings (SSSR count). The summed E-state index contributed by atoms with van der Waals surface area (Å²) in [5.41, 5.74) is 4.11. The quantitative estimate of drug-likeness (QED) is 0.705. The highest BCUT2D eigenvalue weighted by atomic mass is 15.2. The Kier molecular flexibility index (Phi) is 2.34. The number of anilines is 1. The van der Waals surface area contributed by atoms with Crippen LogP contribution in [0, 0.1) is 0 Å². The van der Waals surface area contributed by atoms with Gasteiger partial charge in [-0.15, -0.1) is 0 Å². The van der Waals surface area contributed by atoms with Gasteiger partial charge in [0.2, 0.25) is 0 Å². The highest BCUT2D eigenvalue weighted by Gasteiger charge is 2.39. The number of para-hydroxylation sites is 1. The summed E-state index contributed by atoms with van der Waals surface area (Å²) in [6.07, 6.45) is 2.37. The average Bonchev–Trinajstić information content (AvgIpc) is 2.43. The smallest absolute Gasteiger partial charge is 0.0447 e. The lowest BCUT2D eigenvalue weighted by Crippen LogP contribution is -2.25. The van der Waals surface area contributed by atoms with E-state index in [-0.39, 0.29) is 5.41 Å². The number of hydrogen-bond acceptors (Lipinski definition) is 1. The van der Waals surface area contributed by atoms with Gasteiger partial charge in [0.05, 0.1) is 0 Å². The molecule has 80 valence electrons. The Morgan fingerprint density at radius 3 is 2.67 bits per heavy atom. The van der Waals surface area contributed by atoms with Crippen molar-refractivity contribution in [3.8, 4) is 0 Å². The minimum atomic E-state index is 0.139. The van der Waals surface area contributed by atoms with Gasteiger partial charge in [-0.05, 0) is 25.0 Å². The van der Waals surface area contributed by atoms with Crippen LogP contribution in [0.3, 0.4) is 0 Å². The number of fused-ring (bicyclic) bond motifs is 1. The van der Waals surface area contributed by atoms with Gasteiger partial charge in [0.1, 0.15) is 0 Å². The number of hydrogen-bond donors (Lipinski definition) is 0. The van der Waals surface area contributed by atoms with Crippen molar-refractivity contribution in [2.75, 3.05) is 11.9 Å². The molecule has 1 aliphatic rings. The number of rotatable bonds is 2. The second-order valence-electron chi connectivity index (χ2n) is 4.60. The van der Waals surface area contributed by atoms with Gasteiger partial charge >= 0.3 is 0 Å². The van der Waals surface area contributed by atoms with Crippen LogP contribution in [-0.4, -0.2) is 7.05 Å². The van der Waals surface area contributed by atoms with Crippen molar-refractivity contribution >= 4 is 5.69 Å². The minimum absolute atomic E-state index is 0.139. The summed E-state index contributed by atoms with van der Waals surface area (Å²) in [6, 6.07) is 8.64. The van der Waals surface area contributed by atoms with Crippen molar-refractivity contribution < 1.29 is 0 Å². The molecular formula is C14H19N. The standard InChI is InChI=1S/C14H19N/c1-5-10-14(3)11(2)15(4)13-9-7-6-8-12(13)14/h6-9H,2,5,10H2,1,3-4H3. The van der Waals surface area contributed by atoms with Crippen molar-refractivity contribution in [3.05, 3.63) is 42.1 Å². The Morgan fingerprint density at radius 1 is 1.33 bits per heavy atom. The van der Waals surface area contributed by atoms with Gasteiger partial charge in [0.15, 0.2) is 0 Å². The summed E-state index contributed by atoms with van der Waals surface area (Å²) in [5, 5.41) is 0. The molecule has 0 N–H and O–H groups in total. The van der Waals surface area contributed by atoms with E-state index in [0.717, 1.165) is 0 Å². The van der Waals surface area contributed by atoms with Crippen LogP contribution < -0.4 is 4.90 Å². The fourth-order valence-electron chi connectivity index (χ4n) is 2.68.